The van der Waals surface area contributed by atoms with E-state index in [9.17, 15) is 13.6 Å². The normalized spacial score (nSPS) is 27.5. The molecule has 1 aliphatic heterocycles. The number of methoxy groups -OCH3 is 1. The fraction of sp³-hybridized carbons (Fsp3) is 0.533. The van der Waals surface area contributed by atoms with E-state index in [4.69, 9.17) is 4.74 Å². The lowest BCUT2D eigenvalue weighted by Crippen LogP contribution is -2.38. The van der Waals surface area contributed by atoms with Gasteiger partial charge in [-0.15, -0.1) is 0 Å². The van der Waals surface area contributed by atoms with E-state index in [1.165, 1.54) is 7.11 Å². The number of rotatable bonds is 3. The predicted molar refractivity (Wildman–Crippen MR) is 83.9 cm³/mol. The summed E-state index contributed by atoms with van der Waals surface area (Å²) < 4.78 is 32.0. The van der Waals surface area contributed by atoms with E-state index < -0.39 is 11.8 Å². The molecule has 1 aromatic rings. The van der Waals surface area contributed by atoms with Crippen LogP contribution in [0.3, 0.4) is 0 Å². The lowest BCUT2D eigenvalue weighted by molar-refractivity contribution is 0.0426. The minimum Gasteiger partial charge on any atom is -0.465 e. The van der Waals surface area contributed by atoms with E-state index in [1.807, 2.05) is 17.0 Å². The molecule has 0 spiro atoms. The van der Waals surface area contributed by atoms with Crippen LogP contribution in [0.25, 0.3) is 0 Å². The first-order valence-electron chi connectivity index (χ1n) is 6.89. The van der Waals surface area contributed by atoms with Crippen molar-refractivity contribution < 1.29 is 18.3 Å². The number of piperidine rings is 1. The second-order valence-electron chi connectivity index (χ2n) is 5.78. The number of benzene rings is 1. The molecule has 0 bridgehead atoms. The summed E-state index contributed by atoms with van der Waals surface area (Å²) in [6, 6.07) is 5.51. The van der Waals surface area contributed by atoms with Gasteiger partial charge in [-0.25, -0.2) is 13.6 Å². The van der Waals surface area contributed by atoms with Crippen molar-refractivity contribution in [2.24, 2.45) is 11.3 Å². The minimum atomic E-state index is -2.24. The molecule has 2 fully saturated rings. The first-order chi connectivity index (χ1) is 9.98. The Morgan fingerprint density at radius 2 is 2.29 bits per heavy atom. The van der Waals surface area contributed by atoms with Crippen LogP contribution in [0.15, 0.2) is 18.2 Å². The van der Waals surface area contributed by atoms with Crippen LogP contribution in [0, 0.1) is 14.9 Å². The third-order valence-corrected chi connectivity index (χ3v) is 5.38. The molecule has 2 atom stereocenters. The van der Waals surface area contributed by atoms with Gasteiger partial charge in [0.2, 0.25) is 6.43 Å². The van der Waals surface area contributed by atoms with Gasteiger partial charge in [-0.1, -0.05) is 0 Å². The standard InChI is InChI=1S/C15H16F2INO2/c1-21-13(20)11-3-2-10(18)6-12(11)19-5-4-15(14(16)17)7-9(15)8-19/h2-3,6,9,14H,4-5,7-8H2,1H3. The van der Waals surface area contributed by atoms with Crippen LogP contribution in [0.2, 0.25) is 0 Å². The van der Waals surface area contributed by atoms with Crippen molar-refractivity contribution in [3.05, 3.63) is 27.3 Å². The third-order valence-electron chi connectivity index (χ3n) is 4.71. The molecule has 21 heavy (non-hydrogen) atoms. The van der Waals surface area contributed by atoms with Gasteiger partial charge < -0.3 is 9.64 Å². The van der Waals surface area contributed by atoms with E-state index in [-0.39, 0.29) is 11.9 Å². The molecule has 1 heterocycles. The summed E-state index contributed by atoms with van der Waals surface area (Å²) in [6.07, 6.45) is -1.15. The van der Waals surface area contributed by atoms with E-state index >= 15 is 0 Å². The van der Waals surface area contributed by atoms with Gasteiger partial charge in [-0.05, 0) is 59.5 Å². The fourth-order valence-corrected chi connectivity index (χ4v) is 3.77. The molecule has 1 saturated carbocycles. The summed E-state index contributed by atoms with van der Waals surface area (Å²) in [5, 5.41) is 0. The number of ether oxygens (including phenoxy) is 1. The van der Waals surface area contributed by atoms with Gasteiger partial charge in [0.25, 0.3) is 0 Å². The number of carbonyl (C=O) groups excluding carboxylic acids is 1. The van der Waals surface area contributed by atoms with Gasteiger partial charge in [-0.3, -0.25) is 0 Å². The average molecular weight is 407 g/mol. The van der Waals surface area contributed by atoms with Crippen molar-refractivity contribution in [3.63, 3.8) is 0 Å². The Bertz CT molecular complexity index is 581. The largest absolute Gasteiger partial charge is 0.465 e. The topological polar surface area (TPSA) is 29.5 Å². The maximum atomic E-state index is 13.1. The Morgan fingerprint density at radius 1 is 1.52 bits per heavy atom. The zero-order valence-electron chi connectivity index (χ0n) is 11.6. The highest BCUT2D eigenvalue weighted by molar-refractivity contribution is 14.1. The summed E-state index contributed by atoms with van der Waals surface area (Å²) in [5.74, 6) is -0.350. The molecule has 3 rings (SSSR count). The van der Waals surface area contributed by atoms with Crippen molar-refractivity contribution in [1.29, 1.82) is 0 Å². The summed E-state index contributed by atoms with van der Waals surface area (Å²) in [6.45, 7) is 1.15. The van der Waals surface area contributed by atoms with E-state index in [0.717, 1.165) is 9.26 Å². The van der Waals surface area contributed by atoms with Crippen LogP contribution in [0.1, 0.15) is 23.2 Å². The maximum absolute atomic E-state index is 13.1. The van der Waals surface area contributed by atoms with Crippen LogP contribution in [0.4, 0.5) is 14.5 Å². The summed E-state index contributed by atoms with van der Waals surface area (Å²) in [7, 11) is 1.35. The molecule has 2 aliphatic rings. The van der Waals surface area contributed by atoms with E-state index in [2.05, 4.69) is 22.6 Å². The SMILES string of the molecule is COC(=O)c1ccc(I)cc1N1CCC2(C(F)F)CC2C1. The number of esters is 1. The minimum absolute atomic E-state index is 0.0367. The Labute approximate surface area is 135 Å². The molecule has 0 N–H and O–H groups in total. The smallest absolute Gasteiger partial charge is 0.339 e. The van der Waals surface area contributed by atoms with Crippen LogP contribution in [-0.2, 0) is 4.74 Å². The number of fused-ring (bicyclic) bond motifs is 1. The number of nitrogens with zero attached hydrogens (tertiary/aromatic N) is 1. The quantitative estimate of drug-likeness (QED) is 0.567. The average Bonchev–Trinajstić information content (AvgIpc) is 3.21. The molecule has 6 heteroatoms. The Balaban J connectivity index is 1.85. The van der Waals surface area contributed by atoms with Gasteiger partial charge in [-0.2, -0.15) is 0 Å². The Kier molecular flexibility index (Phi) is 3.83. The monoisotopic (exact) mass is 407 g/mol. The predicted octanol–water partition coefficient (Wildman–Crippen LogP) is 3.56. The van der Waals surface area contributed by atoms with Gasteiger partial charge >= 0.3 is 5.97 Å². The van der Waals surface area contributed by atoms with Crippen molar-refractivity contribution >= 4 is 34.2 Å². The lowest BCUT2D eigenvalue weighted by atomic mass is 9.95. The zero-order valence-corrected chi connectivity index (χ0v) is 13.8. The summed E-state index contributed by atoms with van der Waals surface area (Å²) in [4.78, 5) is 13.9. The molecule has 0 radical (unpaired) electrons. The molecule has 1 aliphatic carbocycles. The van der Waals surface area contributed by atoms with Crippen LogP contribution in [-0.4, -0.2) is 32.6 Å². The molecular formula is C15H16F2INO2. The van der Waals surface area contributed by atoms with E-state index in [1.54, 1.807) is 6.07 Å². The second-order valence-corrected chi connectivity index (χ2v) is 7.03. The Hall–Kier alpha value is -0.920. The molecule has 114 valence electrons. The third kappa shape index (κ3) is 2.51. The van der Waals surface area contributed by atoms with Gasteiger partial charge in [0.15, 0.2) is 0 Å². The first kappa shape index (κ1) is 15.0. The number of hydrogen-bond donors (Lipinski definition) is 0. The first-order valence-corrected chi connectivity index (χ1v) is 7.97. The van der Waals surface area contributed by atoms with Crippen LogP contribution in [0.5, 0.6) is 0 Å². The van der Waals surface area contributed by atoms with Gasteiger partial charge in [0, 0.05) is 22.1 Å². The molecular weight excluding hydrogens is 391 g/mol. The second kappa shape index (κ2) is 5.37. The lowest BCUT2D eigenvalue weighted by Gasteiger charge is -2.34. The number of hydrogen-bond acceptors (Lipinski definition) is 3. The number of alkyl halides is 2. The molecule has 0 amide bonds. The van der Waals surface area contributed by atoms with E-state index in [0.29, 0.717) is 31.5 Å². The van der Waals surface area contributed by atoms with Crippen molar-refractivity contribution in [2.45, 2.75) is 19.3 Å². The molecule has 1 saturated heterocycles. The highest BCUT2D eigenvalue weighted by Gasteiger charge is 2.62. The van der Waals surface area contributed by atoms with Crippen molar-refractivity contribution in [1.82, 2.24) is 0 Å². The molecule has 1 aromatic carbocycles. The van der Waals surface area contributed by atoms with Crippen LogP contribution >= 0.6 is 22.6 Å². The molecule has 0 aromatic heterocycles. The van der Waals surface area contributed by atoms with Crippen LogP contribution < -0.4 is 4.90 Å². The van der Waals surface area contributed by atoms with Gasteiger partial charge in [0.1, 0.15) is 0 Å². The maximum Gasteiger partial charge on any atom is 0.339 e. The fourth-order valence-electron chi connectivity index (χ4n) is 3.30. The highest BCUT2D eigenvalue weighted by Crippen LogP contribution is 2.61. The number of carbonyl (C=O) groups is 1. The van der Waals surface area contributed by atoms with Crippen molar-refractivity contribution in [2.75, 3.05) is 25.1 Å². The summed E-state index contributed by atoms with van der Waals surface area (Å²) in [5.41, 5.74) is 0.538. The summed E-state index contributed by atoms with van der Waals surface area (Å²) >= 11 is 2.18. The Morgan fingerprint density at radius 3 is 2.90 bits per heavy atom. The highest BCUT2D eigenvalue weighted by atomic mass is 127. The molecule has 3 nitrogen and oxygen atoms in total. The number of halogens is 3. The number of anilines is 1. The van der Waals surface area contributed by atoms with Gasteiger partial charge in [0.05, 0.1) is 18.4 Å². The van der Waals surface area contributed by atoms with Crippen molar-refractivity contribution in [3.8, 4) is 0 Å². The zero-order chi connectivity index (χ0) is 15.2. The molecule has 2 unspecified atom stereocenters.